The average Bonchev–Trinajstić information content (AvgIpc) is 2.73. The third kappa shape index (κ3) is 4.28. The molecule has 1 fully saturated rings. The molecule has 0 spiro atoms. The van der Waals surface area contributed by atoms with E-state index in [1.165, 1.54) is 35.2 Å². The number of aryl methyl sites for hydroxylation is 1. The highest BCUT2D eigenvalue weighted by molar-refractivity contribution is 5.64. The first-order chi connectivity index (χ1) is 14.3. The number of ether oxygens (including phenoxy) is 1. The van der Waals surface area contributed by atoms with E-state index in [9.17, 15) is 0 Å². The first-order valence-electron chi connectivity index (χ1n) is 10.6. The molecule has 4 nitrogen and oxygen atoms in total. The maximum absolute atomic E-state index is 5.92. The summed E-state index contributed by atoms with van der Waals surface area (Å²) < 4.78 is 5.92. The Kier molecular flexibility index (Phi) is 5.18. The summed E-state index contributed by atoms with van der Waals surface area (Å²) in [6, 6.07) is 20.5. The Morgan fingerprint density at radius 2 is 1.86 bits per heavy atom. The van der Waals surface area contributed by atoms with Gasteiger partial charge in [-0.25, -0.2) is 0 Å². The van der Waals surface area contributed by atoms with Crippen molar-refractivity contribution in [3.8, 4) is 16.9 Å². The molecule has 4 heteroatoms. The lowest BCUT2D eigenvalue weighted by Crippen LogP contribution is -2.46. The molecule has 0 amide bonds. The molecule has 5 rings (SSSR count). The number of fused-ring (bicyclic) bond motifs is 1. The molecule has 2 aromatic carbocycles. The van der Waals surface area contributed by atoms with E-state index >= 15 is 0 Å². The highest BCUT2D eigenvalue weighted by Crippen LogP contribution is 2.28. The summed E-state index contributed by atoms with van der Waals surface area (Å²) in [7, 11) is 0. The summed E-state index contributed by atoms with van der Waals surface area (Å²) in [6.07, 6.45) is 8.25. The summed E-state index contributed by atoms with van der Waals surface area (Å²) >= 11 is 0. The van der Waals surface area contributed by atoms with Crippen LogP contribution in [0.3, 0.4) is 0 Å². The van der Waals surface area contributed by atoms with Crippen molar-refractivity contribution < 1.29 is 4.74 Å². The van der Waals surface area contributed by atoms with Gasteiger partial charge in [0, 0.05) is 29.5 Å². The molecule has 1 unspecified atom stereocenters. The lowest BCUT2D eigenvalue weighted by atomic mass is 9.93. The monoisotopic (exact) mass is 385 g/mol. The second-order valence-corrected chi connectivity index (χ2v) is 8.10. The van der Waals surface area contributed by atoms with Crippen LogP contribution < -0.4 is 15.4 Å². The van der Waals surface area contributed by atoms with Gasteiger partial charge in [-0.2, -0.15) is 0 Å². The van der Waals surface area contributed by atoms with Crippen molar-refractivity contribution in [2.75, 3.05) is 18.5 Å². The first-order valence-corrected chi connectivity index (χ1v) is 10.6. The van der Waals surface area contributed by atoms with Crippen molar-refractivity contribution in [3.63, 3.8) is 0 Å². The highest BCUT2D eigenvalue weighted by Gasteiger charge is 2.18. The largest absolute Gasteiger partial charge is 0.490 e. The molecule has 1 aromatic heterocycles. The van der Waals surface area contributed by atoms with Gasteiger partial charge in [-0.05, 0) is 61.1 Å². The zero-order valence-electron chi connectivity index (χ0n) is 16.6. The topological polar surface area (TPSA) is 46.2 Å². The Morgan fingerprint density at radius 1 is 0.931 bits per heavy atom. The quantitative estimate of drug-likeness (QED) is 0.658. The predicted octanol–water partition coefficient (Wildman–Crippen LogP) is 4.46. The van der Waals surface area contributed by atoms with Crippen LogP contribution in [0.25, 0.3) is 11.1 Å². The molecule has 3 aromatic rings. The van der Waals surface area contributed by atoms with E-state index in [0.29, 0.717) is 18.7 Å². The minimum atomic E-state index is 0.475. The summed E-state index contributed by atoms with van der Waals surface area (Å²) in [5, 5.41) is 7.08. The van der Waals surface area contributed by atoms with Crippen molar-refractivity contribution in [3.05, 3.63) is 78.1 Å². The van der Waals surface area contributed by atoms with Gasteiger partial charge in [0.15, 0.2) is 0 Å². The lowest BCUT2D eigenvalue weighted by molar-refractivity contribution is 0.217. The predicted molar refractivity (Wildman–Crippen MR) is 117 cm³/mol. The lowest BCUT2D eigenvalue weighted by Gasteiger charge is -2.27. The van der Waals surface area contributed by atoms with Crippen LogP contribution in [0.1, 0.15) is 24.0 Å². The normalized spacial score (nSPS) is 20.3. The van der Waals surface area contributed by atoms with Crippen LogP contribution >= 0.6 is 0 Å². The van der Waals surface area contributed by atoms with Gasteiger partial charge in [-0.1, -0.05) is 42.5 Å². The van der Waals surface area contributed by atoms with E-state index < -0.39 is 0 Å². The van der Waals surface area contributed by atoms with Crippen LogP contribution in [0.4, 0.5) is 5.69 Å². The van der Waals surface area contributed by atoms with Crippen LogP contribution in [0, 0.1) is 0 Å². The number of hydrogen-bond donors (Lipinski definition) is 2. The fraction of sp³-hybridized carbons (Fsp3) is 0.320. The van der Waals surface area contributed by atoms with E-state index in [-0.39, 0.29) is 0 Å². The van der Waals surface area contributed by atoms with Gasteiger partial charge < -0.3 is 15.4 Å². The first kappa shape index (κ1) is 18.2. The highest BCUT2D eigenvalue weighted by atomic mass is 16.5. The van der Waals surface area contributed by atoms with Crippen molar-refractivity contribution in [1.82, 2.24) is 10.3 Å². The Hall–Kier alpha value is -2.85. The molecule has 0 radical (unpaired) electrons. The smallest absolute Gasteiger partial charge is 0.138 e. The van der Waals surface area contributed by atoms with Crippen LogP contribution in [-0.2, 0) is 12.8 Å². The number of aromatic nitrogens is 1. The summed E-state index contributed by atoms with van der Waals surface area (Å²) in [5.41, 5.74) is 6.36. The Labute approximate surface area is 172 Å². The van der Waals surface area contributed by atoms with E-state index in [1.807, 2.05) is 6.20 Å². The van der Waals surface area contributed by atoms with E-state index in [4.69, 9.17) is 4.74 Å². The van der Waals surface area contributed by atoms with Gasteiger partial charge in [-0.3, -0.25) is 4.98 Å². The van der Waals surface area contributed by atoms with Crippen molar-refractivity contribution >= 4 is 5.69 Å². The average molecular weight is 386 g/mol. The van der Waals surface area contributed by atoms with Crippen LogP contribution in [0.15, 0.2) is 67.0 Å². The fourth-order valence-corrected chi connectivity index (χ4v) is 4.16. The van der Waals surface area contributed by atoms with Gasteiger partial charge in [-0.15, -0.1) is 0 Å². The van der Waals surface area contributed by atoms with Crippen LogP contribution in [-0.4, -0.2) is 30.2 Å². The SMILES string of the molecule is c1cc(CC2CCc3ccccc3N2)cc(-c2cncc(OC[C@@H]3CCN3)c2)c1. The molecule has 2 aliphatic heterocycles. The number of hydrogen-bond acceptors (Lipinski definition) is 4. The van der Waals surface area contributed by atoms with Crippen molar-refractivity contribution in [2.24, 2.45) is 0 Å². The minimum absolute atomic E-state index is 0.475. The Balaban J connectivity index is 1.27. The van der Waals surface area contributed by atoms with E-state index in [2.05, 4.69) is 70.2 Å². The fourth-order valence-electron chi connectivity index (χ4n) is 4.16. The van der Waals surface area contributed by atoms with E-state index in [1.54, 1.807) is 6.20 Å². The molecule has 2 N–H and O–H groups in total. The number of para-hydroxylation sites is 1. The molecule has 29 heavy (non-hydrogen) atoms. The number of nitrogens with zero attached hydrogens (tertiary/aromatic N) is 1. The molecule has 1 saturated heterocycles. The third-order valence-corrected chi connectivity index (χ3v) is 5.97. The van der Waals surface area contributed by atoms with Gasteiger partial charge in [0.05, 0.1) is 6.20 Å². The van der Waals surface area contributed by atoms with Crippen molar-refractivity contribution in [1.29, 1.82) is 0 Å². The van der Waals surface area contributed by atoms with Gasteiger partial charge >= 0.3 is 0 Å². The number of benzene rings is 2. The summed E-state index contributed by atoms with van der Waals surface area (Å²) in [6.45, 7) is 1.81. The van der Waals surface area contributed by atoms with Gasteiger partial charge in [0.2, 0.25) is 0 Å². The Morgan fingerprint density at radius 3 is 2.76 bits per heavy atom. The summed E-state index contributed by atoms with van der Waals surface area (Å²) in [4.78, 5) is 4.40. The second kappa shape index (κ2) is 8.26. The van der Waals surface area contributed by atoms with Crippen LogP contribution in [0.5, 0.6) is 5.75 Å². The maximum Gasteiger partial charge on any atom is 0.138 e. The zero-order chi connectivity index (χ0) is 19.5. The van der Waals surface area contributed by atoms with Crippen molar-refractivity contribution in [2.45, 2.75) is 37.8 Å². The summed E-state index contributed by atoms with van der Waals surface area (Å²) in [5.74, 6) is 0.840. The molecule has 0 aliphatic carbocycles. The number of anilines is 1. The number of nitrogens with one attached hydrogen (secondary N) is 2. The molecule has 0 saturated carbocycles. The standard InChI is InChI=1S/C25H27N3O/c1-2-7-25-19(5-1)8-9-22(28-25)13-18-4-3-6-20(12-18)21-14-24(16-26-15-21)29-17-23-10-11-27-23/h1-7,12,14-16,22-23,27-28H,8-11,13,17H2/t22?,23-/m0/s1. The molecule has 148 valence electrons. The Bertz CT molecular complexity index is 983. The number of pyridine rings is 1. The third-order valence-electron chi connectivity index (χ3n) is 5.97. The second-order valence-electron chi connectivity index (χ2n) is 8.10. The number of rotatable bonds is 6. The molecular weight excluding hydrogens is 358 g/mol. The molecule has 0 bridgehead atoms. The molecular formula is C25H27N3O. The van der Waals surface area contributed by atoms with E-state index in [0.717, 1.165) is 30.7 Å². The molecule has 3 heterocycles. The molecule has 2 atom stereocenters. The zero-order valence-corrected chi connectivity index (χ0v) is 16.6. The maximum atomic E-state index is 5.92. The minimum Gasteiger partial charge on any atom is -0.490 e. The van der Waals surface area contributed by atoms with Crippen LogP contribution in [0.2, 0.25) is 0 Å². The van der Waals surface area contributed by atoms with Gasteiger partial charge in [0.25, 0.3) is 0 Å². The molecule has 2 aliphatic rings. The van der Waals surface area contributed by atoms with Gasteiger partial charge in [0.1, 0.15) is 12.4 Å².